The van der Waals surface area contributed by atoms with Crippen LogP contribution in [-0.4, -0.2) is 60.0 Å². The van der Waals surface area contributed by atoms with Crippen LogP contribution in [0.2, 0.25) is 0 Å². The standard InChI is InChI=1S/C20H28N2O5/c1-12-17(13(2)21(3)18(12)20(25)26-4)16(23)11-22(19(24)14-7-8-14)10-15-6-5-9-27-15/h14-15H,5-11H2,1-4H3. The van der Waals surface area contributed by atoms with E-state index in [-0.39, 0.29) is 30.3 Å². The van der Waals surface area contributed by atoms with Crippen molar-refractivity contribution in [1.82, 2.24) is 9.47 Å². The van der Waals surface area contributed by atoms with Crippen LogP contribution in [0.15, 0.2) is 0 Å². The highest BCUT2D eigenvalue weighted by atomic mass is 16.5. The van der Waals surface area contributed by atoms with Crippen molar-refractivity contribution in [2.75, 3.05) is 26.8 Å². The number of nitrogens with zero attached hydrogens (tertiary/aromatic N) is 2. The van der Waals surface area contributed by atoms with Crippen LogP contribution in [0.3, 0.4) is 0 Å². The molecule has 1 saturated carbocycles. The summed E-state index contributed by atoms with van der Waals surface area (Å²) < 4.78 is 12.2. The number of Topliss-reactive ketones (excluding diaryl/α,β-unsaturated/α-hetero) is 1. The van der Waals surface area contributed by atoms with Gasteiger partial charge in [0.25, 0.3) is 0 Å². The maximum Gasteiger partial charge on any atom is 0.354 e. The lowest BCUT2D eigenvalue weighted by molar-refractivity contribution is -0.133. The maximum atomic E-state index is 13.1. The summed E-state index contributed by atoms with van der Waals surface area (Å²) in [7, 11) is 3.06. The van der Waals surface area contributed by atoms with Crippen LogP contribution in [0.4, 0.5) is 0 Å². The fourth-order valence-corrected chi connectivity index (χ4v) is 3.88. The molecule has 1 aliphatic carbocycles. The van der Waals surface area contributed by atoms with Crippen LogP contribution in [-0.2, 0) is 21.3 Å². The predicted molar refractivity (Wildman–Crippen MR) is 98.8 cm³/mol. The molecule has 7 heteroatoms. The van der Waals surface area contributed by atoms with Gasteiger partial charge in [0.05, 0.1) is 19.8 Å². The first-order chi connectivity index (χ1) is 12.8. The molecule has 27 heavy (non-hydrogen) atoms. The van der Waals surface area contributed by atoms with Crippen LogP contribution in [0.25, 0.3) is 0 Å². The van der Waals surface area contributed by atoms with Gasteiger partial charge in [-0.2, -0.15) is 0 Å². The van der Waals surface area contributed by atoms with Gasteiger partial charge < -0.3 is 18.9 Å². The zero-order valence-corrected chi connectivity index (χ0v) is 16.5. The maximum absolute atomic E-state index is 13.1. The zero-order valence-electron chi connectivity index (χ0n) is 16.5. The van der Waals surface area contributed by atoms with Gasteiger partial charge in [0, 0.05) is 37.4 Å². The number of hydrogen-bond donors (Lipinski definition) is 0. The molecule has 2 fully saturated rings. The van der Waals surface area contributed by atoms with E-state index in [0.29, 0.717) is 35.7 Å². The molecular weight excluding hydrogens is 348 g/mol. The minimum atomic E-state index is -0.470. The topological polar surface area (TPSA) is 77.8 Å². The van der Waals surface area contributed by atoms with E-state index in [0.717, 1.165) is 25.7 Å². The van der Waals surface area contributed by atoms with E-state index in [9.17, 15) is 14.4 Å². The van der Waals surface area contributed by atoms with Crippen molar-refractivity contribution in [3.05, 3.63) is 22.5 Å². The summed E-state index contributed by atoms with van der Waals surface area (Å²) in [6.07, 6.45) is 3.70. The lowest BCUT2D eigenvalue weighted by Gasteiger charge is -2.25. The first-order valence-corrected chi connectivity index (χ1v) is 9.52. The number of ether oxygens (including phenoxy) is 2. The Morgan fingerprint density at radius 1 is 1.22 bits per heavy atom. The van der Waals surface area contributed by atoms with E-state index < -0.39 is 5.97 Å². The van der Waals surface area contributed by atoms with Gasteiger partial charge in [-0.15, -0.1) is 0 Å². The molecule has 0 radical (unpaired) electrons. The van der Waals surface area contributed by atoms with Crippen LogP contribution in [0.1, 0.15) is 57.8 Å². The van der Waals surface area contributed by atoms with Gasteiger partial charge in [0.1, 0.15) is 5.69 Å². The summed E-state index contributed by atoms with van der Waals surface area (Å²) in [5, 5.41) is 0. The molecule has 1 unspecified atom stereocenters. The molecule has 1 amide bonds. The average molecular weight is 376 g/mol. The van der Waals surface area contributed by atoms with Gasteiger partial charge in [0.15, 0.2) is 5.78 Å². The highest BCUT2D eigenvalue weighted by Gasteiger charge is 2.36. The average Bonchev–Trinajstić information content (AvgIpc) is 3.31. The van der Waals surface area contributed by atoms with Crippen molar-refractivity contribution in [2.45, 2.75) is 45.6 Å². The molecule has 3 rings (SSSR count). The number of hydrogen-bond acceptors (Lipinski definition) is 5. The van der Waals surface area contributed by atoms with E-state index >= 15 is 0 Å². The summed E-state index contributed by atoms with van der Waals surface area (Å²) in [4.78, 5) is 39.5. The van der Waals surface area contributed by atoms with E-state index in [2.05, 4.69) is 0 Å². The van der Waals surface area contributed by atoms with Gasteiger partial charge in [-0.3, -0.25) is 9.59 Å². The second kappa shape index (κ2) is 7.84. The SMILES string of the molecule is COC(=O)c1c(C)c(C(=O)CN(CC2CCCO2)C(=O)C2CC2)c(C)n1C. The number of carbonyl (C=O) groups is 3. The third kappa shape index (κ3) is 3.93. The van der Waals surface area contributed by atoms with Crippen molar-refractivity contribution in [1.29, 1.82) is 0 Å². The Labute approximate surface area is 159 Å². The van der Waals surface area contributed by atoms with E-state index in [4.69, 9.17) is 9.47 Å². The number of methoxy groups -OCH3 is 1. The number of rotatable bonds is 7. The predicted octanol–water partition coefficient (Wildman–Crippen LogP) is 2.03. The molecule has 0 N–H and O–H groups in total. The minimum absolute atomic E-state index is 0.00379. The normalized spacial score (nSPS) is 19.2. The number of carbonyl (C=O) groups excluding carboxylic acids is 3. The third-order valence-electron chi connectivity index (χ3n) is 5.61. The molecule has 1 aromatic heterocycles. The number of esters is 1. The van der Waals surface area contributed by atoms with Gasteiger partial charge in [0.2, 0.25) is 5.91 Å². The minimum Gasteiger partial charge on any atom is -0.464 e. The molecule has 148 valence electrons. The summed E-state index contributed by atoms with van der Waals surface area (Å²) >= 11 is 0. The first kappa shape index (κ1) is 19.6. The zero-order chi connectivity index (χ0) is 19.7. The largest absolute Gasteiger partial charge is 0.464 e. The summed E-state index contributed by atoms with van der Waals surface area (Å²) in [6.45, 7) is 4.74. The highest BCUT2D eigenvalue weighted by Crippen LogP contribution is 2.32. The smallest absolute Gasteiger partial charge is 0.354 e. The van der Waals surface area contributed by atoms with Gasteiger partial charge >= 0.3 is 5.97 Å². The summed E-state index contributed by atoms with van der Waals surface area (Å²) in [5.74, 6) is -0.536. The van der Waals surface area contributed by atoms with Crippen molar-refractivity contribution < 1.29 is 23.9 Å². The quantitative estimate of drug-likeness (QED) is 0.537. The molecular formula is C20H28N2O5. The monoisotopic (exact) mass is 376 g/mol. The van der Waals surface area contributed by atoms with Crippen LogP contribution in [0.5, 0.6) is 0 Å². The van der Waals surface area contributed by atoms with Gasteiger partial charge in [-0.05, 0) is 45.1 Å². The Hall–Kier alpha value is -2.15. The van der Waals surface area contributed by atoms with Crippen molar-refractivity contribution in [2.24, 2.45) is 13.0 Å². The number of amides is 1. The van der Waals surface area contributed by atoms with E-state index in [1.165, 1.54) is 7.11 Å². The molecule has 2 aliphatic rings. The van der Waals surface area contributed by atoms with Crippen molar-refractivity contribution >= 4 is 17.7 Å². The second-order valence-electron chi connectivity index (χ2n) is 7.54. The first-order valence-electron chi connectivity index (χ1n) is 9.52. The Balaban J connectivity index is 1.82. The molecule has 1 atom stereocenters. The van der Waals surface area contributed by atoms with Crippen molar-refractivity contribution in [3.8, 4) is 0 Å². The number of ketones is 1. The van der Waals surface area contributed by atoms with Crippen molar-refractivity contribution in [3.63, 3.8) is 0 Å². The lowest BCUT2D eigenvalue weighted by atomic mass is 10.0. The van der Waals surface area contributed by atoms with Crippen LogP contribution >= 0.6 is 0 Å². The fraction of sp³-hybridized carbons (Fsp3) is 0.650. The molecule has 0 bridgehead atoms. The van der Waals surface area contributed by atoms with Gasteiger partial charge in [-0.25, -0.2) is 4.79 Å². The Bertz CT molecular complexity index is 757. The van der Waals surface area contributed by atoms with Gasteiger partial charge in [-0.1, -0.05) is 0 Å². The molecule has 1 aliphatic heterocycles. The molecule has 2 heterocycles. The van der Waals surface area contributed by atoms with Crippen LogP contribution < -0.4 is 0 Å². The Morgan fingerprint density at radius 2 is 1.93 bits per heavy atom. The summed E-state index contributed by atoms with van der Waals surface area (Å²) in [5.41, 5.74) is 2.17. The molecule has 1 saturated heterocycles. The fourth-order valence-electron chi connectivity index (χ4n) is 3.88. The van der Waals surface area contributed by atoms with E-state index in [1.807, 2.05) is 0 Å². The molecule has 7 nitrogen and oxygen atoms in total. The molecule has 0 aromatic carbocycles. The third-order valence-corrected chi connectivity index (χ3v) is 5.61. The highest BCUT2D eigenvalue weighted by molar-refractivity contribution is 6.04. The second-order valence-corrected chi connectivity index (χ2v) is 7.54. The Kier molecular flexibility index (Phi) is 5.69. The number of aromatic nitrogens is 1. The lowest BCUT2D eigenvalue weighted by Crippen LogP contribution is -2.41. The molecule has 1 aromatic rings. The summed E-state index contributed by atoms with van der Waals surface area (Å²) in [6, 6.07) is 0. The molecule has 0 spiro atoms. The van der Waals surface area contributed by atoms with E-state index in [1.54, 1.807) is 30.4 Å². The Morgan fingerprint density at radius 3 is 2.48 bits per heavy atom. The van der Waals surface area contributed by atoms with Crippen LogP contribution in [0, 0.1) is 19.8 Å².